The molecular weight excluding hydrogens is 264 g/mol. The van der Waals surface area contributed by atoms with Crippen molar-refractivity contribution >= 4 is 10.9 Å². The fourth-order valence-electron chi connectivity index (χ4n) is 2.65. The summed E-state index contributed by atoms with van der Waals surface area (Å²) in [5.74, 6) is 5.77. The Kier molecular flexibility index (Phi) is 3.72. The standard InChI is InChI=1S/C15H20N6/c1-3-21-10-11(9-17-21)8-13(18-16)15-12-6-4-5-7-14(12)20(2)19-15/h4-7,9-10,13,18H,3,8,16H2,1-2H3. The molecule has 2 heterocycles. The van der Waals surface area contributed by atoms with Crippen LogP contribution >= 0.6 is 0 Å². The van der Waals surface area contributed by atoms with E-state index in [-0.39, 0.29) is 6.04 Å². The molecule has 110 valence electrons. The summed E-state index contributed by atoms with van der Waals surface area (Å²) in [4.78, 5) is 0. The number of rotatable bonds is 5. The van der Waals surface area contributed by atoms with E-state index in [2.05, 4.69) is 40.9 Å². The van der Waals surface area contributed by atoms with Gasteiger partial charge in [0.15, 0.2) is 0 Å². The van der Waals surface area contributed by atoms with Gasteiger partial charge in [-0.3, -0.25) is 20.6 Å². The lowest BCUT2D eigenvalue weighted by atomic mass is 10.0. The number of nitrogens with two attached hydrogens (primary N) is 1. The van der Waals surface area contributed by atoms with E-state index in [1.165, 1.54) is 0 Å². The molecule has 1 unspecified atom stereocenters. The zero-order valence-corrected chi connectivity index (χ0v) is 12.3. The van der Waals surface area contributed by atoms with Crippen molar-refractivity contribution in [2.45, 2.75) is 25.9 Å². The van der Waals surface area contributed by atoms with Gasteiger partial charge in [-0.15, -0.1) is 0 Å². The van der Waals surface area contributed by atoms with E-state index >= 15 is 0 Å². The van der Waals surface area contributed by atoms with Gasteiger partial charge in [-0.25, -0.2) is 0 Å². The summed E-state index contributed by atoms with van der Waals surface area (Å²) < 4.78 is 3.81. The highest BCUT2D eigenvalue weighted by Crippen LogP contribution is 2.25. The molecule has 0 aliphatic rings. The van der Waals surface area contributed by atoms with Crippen molar-refractivity contribution in [3.05, 3.63) is 47.9 Å². The van der Waals surface area contributed by atoms with Crippen LogP contribution in [0.1, 0.15) is 24.2 Å². The van der Waals surface area contributed by atoms with Crippen LogP contribution in [-0.2, 0) is 20.0 Å². The number of nitrogens with one attached hydrogen (secondary N) is 1. The zero-order valence-electron chi connectivity index (χ0n) is 12.3. The fraction of sp³-hybridized carbons (Fsp3) is 0.333. The average molecular weight is 284 g/mol. The van der Waals surface area contributed by atoms with E-state index in [0.717, 1.165) is 35.1 Å². The van der Waals surface area contributed by atoms with Gasteiger partial charge in [-0.1, -0.05) is 18.2 Å². The lowest BCUT2D eigenvalue weighted by molar-refractivity contribution is 0.532. The highest BCUT2D eigenvalue weighted by atomic mass is 15.3. The number of hydrogen-bond acceptors (Lipinski definition) is 4. The molecule has 0 aliphatic heterocycles. The molecule has 21 heavy (non-hydrogen) atoms. The molecule has 3 rings (SSSR count). The van der Waals surface area contributed by atoms with Crippen molar-refractivity contribution in [1.29, 1.82) is 0 Å². The van der Waals surface area contributed by atoms with Crippen LogP contribution in [-0.4, -0.2) is 19.6 Å². The first-order valence-electron chi connectivity index (χ1n) is 7.12. The summed E-state index contributed by atoms with van der Waals surface area (Å²) in [6, 6.07) is 8.15. The number of hydrogen-bond donors (Lipinski definition) is 2. The van der Waals surface area contributed by atoms with Crippen LogP contribution in [0, 0.1) is 0 Å². The largest absolute Gasteiger partial charge is 0.273 e. The third-order valence-electron chi connectivity index (χ3n) is 3.77. The van der Waals surface area contributed by atoms with Gasteiger partial charge >= 0.3 is 0 Å². The summed E-state index contributed by atoms with van der Waals surface area (Å²) in [7, 11) is 1.95. The Hall–Kier alpha value is -2.18. The van der Waals surface area contributed by atoms with Crippen molar-refractivity contribution in [2.24, 2.45) is 12.9 Å². The van der Waals surface area contributed by atoms with Gasteiger partial charge in [0.05, 0.1) is 23.4 Å². The number of aryl methyl sites for hydroxylation is 2. The van der Waals surface area contributed by atoms with Crippen molar-refractivity contribution in [3.8, 4) is 0 Å². The predicted molar refractivity (Wildman–Crippen MR) is 82.4 cm³/mol. The first-order valence-corrected chi connectivity index (χ1v) is 7.12. The summed E-state index contributed by atoms with van der Waals surface area (Å²) >= 11 is 0. The van der Waals surface area contributed by atoms with Gasteiger partial charge in [-0.2, -0.15) is 10.2 Å². The van der Waals surface area contributed by atoms with Crippen LogP contribution in [0.2, 0.25) is 0 Å². The Morgan fingerprint density at radius 2 is 2.14 bits per heavy atom. The number of para-hydroxylation sites is 1. The molecule has 0 amide bonds. The molecular formula is C15H20N6. The molecule has 0 bridgehead atoms. The monoisotopic (exact) mass is 284 g/mol. The van der Waals surface area contributed by atoms with Gasteiger partial charge in [0.2, 0.25) is 0 Å². The number of fused-ring (bicyclic) bond motifs is 1. The maximum absolute atomic E-state index is 5.77. The zero-order chi connectivity index (χ0) is 14.8. The van der Waals surface area contributed by atoms with Crippen LogP contribution in [0.5, 0.6) is 0 Å². The second-order valence-corrected chi connectivity index (χ2v) is 5.15. The predicted octanol–water partition coefficient (Wildman–Crippen LogP) is 1.54. The van der Waals surface area contributed by atoms with Gasteiger partial charge in [0, 0.05) is 25.2 Å². The summed E-state index contributed by atoms with van der Waals surface area (Å²) in [5, 5.41) is 10.1. The minimum atomic E-state index is -0.0365. The third kappa shape index (κ3) is 2.55. The molecule has 6 nitrogen and oxygen atoms in total. The van der Waals surface area contributed by atoms with Crippen molar-refractivity contribution in [2.75, 3.05) is 0 Å². The smallest absolute Gasteiger partial charge is 0.0889 e. The van der Waals surface area contributed by atoms with E-state index in [9.17, 15) is 0 Å². The van der Waals surface area contributed by atoms with Crippen LogP contribution in [0.4, 0.5) is 0 Å². The maximum atomic E-state index is 5.77. The van der Waals surface area contributed by atoms with Crippen LogP contribution in [0.25, 0.3) is 10.9 Å². The van der Waals surface area contributed by atoms with Gasteiger partial charge < -0.3 is 0 Å². The van der Waals surface area contributed by atoms with Crippen LogP contribution in [0.15, 0.2) is 36.7 Å². The first-order chi connectivity index (χ1) is 10.2. The lowest BCUT2D eigenvalue weighted by Crippen LogP contribution is -2.30. The molecule has 0 radical (unpaired) electrons. The molecule has 1 atom stereocenters. The molecule has 0 aliphatic carbocycles. The SMILES string of the molecule is CCn1cc(CC(NN)c2nn(C)c3ccccc23)cn1. The first kappa shape index (κ1) is 13.8. The van der Waals surface area contributed by atoms with Gasteiger partial charge in [-0.05, 0) is 25.0 Å². The summed E-state index contributed by atoms with van der Waals surface area (Å²) in [6.45, 7) is 2.94. The number of benzene rings is 1. The van der Waals surface area contributed by atoms with Crippen LogP contribution < -0.4 is 11.3 Å². The van der Waals surface area contributed by atoms with E-state index in [1.54, 1.807) is 0 Å². The molecule has 1 aromatic carbocycles. The second kappa shape index (κ2) is 5.67. The Balaban J connectivity index is 1.94. The number of aromatic nitrogens is 4. The Morgan fingerprint density at radius 3 is 2.86 bits per heavy atom. The van der Waals surface area contributed by atoms with Crippen molar-refractivity contribution in [1.82, 2.24) is 25.0 Å². The quantitative estimate of drug-likeness (QED) is 0.550. The Labute approximate surface area is 123 Å². The highest BCUT2D eigenvalue weighted by Gasteiger charge is 2.18. The molecule has 0 saturated carbocycles. The molecule has 2 aromatic heterocycles. The Morgan fingerprint density at radius 1 is 1.33 bits per heavy atom. The number of nitrogens with zero attached hydrogens (tertiary/aromatic N) is 4. The van der Waals surface area contributed by atoms with Crippen LogP contribution in [0.3, 0.4) is 0 Å². The second-order valence-electron chi connectivity index (χ2n) is 5.15. The summed E-state index contributed by atoms with van der Waals surface area (Å²) in [5.41, 5.74) is 6.11. The average Bonchev–Trinajstić information content (AvgIpc) is 3.10. The number of hydrazine groups is 1. The molecule has 3 N–H and O–H groups in total. The molecule has 3 aromatic rings. The minimum Gasteiger partial charge on any atom is -0.273 e. The van der Waals surface area contributed by atoms with E-state index in [1.807, 2.05) is 34.7 Å². The van der Waals surface area contributed by atoms with E-state index < -0.39 is 0 Å². The summed E-state index contributed by atoms with van der Waals surface area (Å²) in [6.07, 6.45) is 4.70. The fourth-order valence-corrected chi connectivity index (χ4v) is 2.65. The Bertz CT molecular complexity index is 742. The minimum absolute atomic E-state index is 0.0365. The highest BCUT2D eigenvalue weighted by molar-refractivity contribution is 5.82. The van der Waals surface area contributed by atoms with Gasteiger partial charge in [0.1, 0.15) is 0 Å². The topological polar surface area (TPSA) is 73.7 Å². The molecule has 0 spiro atoms. The van der Waals surface area contributed by atoms with E-state index in [0.29, 0.717) is 0 Å². The normalized spacial score (nSPS) is 12.9. The lowest BCUT2D eigenvalue weighted by Gasteiger charge is -2.12. The van der Waals surface area contributed by atoms with Crippen molar-refractivity contribution < 1.29 is 0 Å². The molecule has 6 heteroatoms. The molecule has 0 fully saturated rings. The maximum Gasteiger partial charge on any atom is 0.0889 e. The third-order valence-corrected chi connectivity index (χ3v) is 3.77. The van der Waals surface area contributed by atoms with E-state index in [4.69, 9.17) is 5.84 Å². The molecule has 0 saturated heterocycles. The van der Waals surface area contributed by atoms with Crippen molar-refractivity contribution in [3.63, 3.8) is 0 Å². The van der Waals surface area contributed by atoms with Gasteiger partial charge in [0.25, 0.3) is 0 Å².